The van der Waals surface area contributed by atoms with Gasteiger partial charge in [0.15, 0.2) is 5.78 Å². The largest absolute Gasteiger partial charge is 0.468 e. The number of carbonyl (C=O) groups excluding carboxylic acids is 4. The Morgan fingerprint density at radius 3 is 2.19 bits per heavy atom. The molecule has 2 aromatic carbocycles. The highest BCUT2D eigenvalue weighted by atomic mass is 79.9. The standard InChI is InChI=1S/C24H26BrNO6/c1-15(23(30)32-24(2,3)4)26(14-20(27)31-5)22(29)18-12-11-17(25)13-19(18)21(28)16-9-7-6-8-10-16/h6-13,15H,14H2,1-5H3/t15-/m0/s1. The lowest BCUT2D eigenvalue weighted by Crippen LogP contribution is -2.48. The van der Waals surface area contributed by atoms with Crippen LogP contribution in [0.1, 0.15) is 54.0 Å². The number of methoxy groups -OCH3 is 1. The molecule has 0 aromatic heterocycles. The maximum atomic E-state index is 13.5. The Kier molecular flexibility index (Phi) is 8.32. The molecule has 1 atom stereocenters. The number of amides is 1. The minimum Gasteiger partial charge on any atom is -0.468 e. The summed E-state index contributed by atoms with van der Waals surface area (Å²) in [7, 11) is 1.19. The number of esters is 2. The molecule has 0 N–H and O–H groups in total. The van der Waals surface area contributed by atoms with Crippen LogP contribution in [0.2, 0.25) is 0 Å². The number of nitrogens with zero attached hydrogens (tertiary/aromatic N) is 1. The molecule has 32 heavy (non-hydrogen) atoms. The zero-order chi connectivity index (χ0) is 24.1. The fraction of sp³-hybridized carbons (Fsp3) is 0.333. The van der Waals surface area contributed by atoms with Crippen molar-refractivity contribution >= 4 is 39.6 Å². The number of ketones is 1. The van der Waals surface area contributed by atoms with Crippen molar-refractivity contribution in [3.05, 3.63) is 69.7 Å². The van der Waals surface area contributed by atoms with Crippen molar-refractivity contribution in [3.8, 4) is 0 Å². The Labute approximate surface area is 195 Å². The van der Waals surface area contributed by atoms with Crippen LogP contribution in [-0.4, -0.2) is 53.8 Å². The Hall–Kier alpha value is -3.00. The second kappa shape index (κ2) is 10.5. The molecule has 2 rings (SSSR count). The van der Waals surface area contributed by atoms with E-state index in [0.29, 0.717) is 10.0 Å². The van der Waals surface area contributed by atoms with Gasteiger partial charge in [-0.15, -0.1) is 0 Å². The van der Waals surface area contributed by atoms with E-state index < -0.39 is 36.0 Å². The summed E-state index contributed by atoms with van der Waals surface area (Å²) >= 11 is 3.33. The third-order valence-corrected chi connectivity index (χ3v) is 4.99. The van der Waals surface area contributed by atoms with Gasteiger partial charge in [0.25, 0.3) is 5.91 Å². The van der Waals surface area contributed by atoms with E-state index in [-0.39, 0.29) is 16.9 Å². The smallest absolute Gasteiger partial charge is 0.329 e. The highest BCUT2D eigenvalue weighted by molar-refractivity contribution is 9.10. The summed E-state index contributed by atoms with van der Waals surface area (Å²) in [6.45, 7) is 6.09. The highest BCUT2D eigenvalue weighted by Gasteiger charge is 2.33. The number of halogens is 1. The fourth-order valence-electron chi connectivity index (χ4n) is 2.89. The van der Waals surface area contributed by atoms with Crippen LogP contribution in [0.3, 0.4) is 0 Å². The zero-order valence-electron chi connectivity index (χ0n) is 18.7. The Morgan fingerprint density at radius 2 is 1.62 bits per heavy atom. The van der Waals surface area contributed by atoms with Crippen molar-refractivity contribution < 1.29 is 28.7 Å². The zero-order valence-corrected chi connectivity index (χ0v) is 20.3. The van der Waals surface area contributed by atoms with Crippen LogP contribution in [0.5, 0.6) is 0 Å². The van der Waals surface area contributed by atoms with Crippen molar-refractivity contribution in [2.45, 2.75) is 39.3 Å². The van der Waals surface area contributed by atoms with E-state index >= 15 is 0 Å². The highest BCUT2D eigenvalue weighted by Crippen LogP contribution is 2.23. The summed E-state index contributed by atoms with van der Waals surface area (Å²) in [5, 5.41) is 0. The predicted octanol–water partition coefficient (Wildman–Crippen LogP) is 4.03. The Balaban J connectivity index is 2.50. The molecule has 0 aliphatic heterocycles. The van der Waals surface area contributed by atoms with E-state index in [1.165, 1.54) is 26.2 Å². The molecule has 0 aliphatic rings. The van der Waals surface area contributed by atoms with Crippen molar-refractivity contribution in [3.63, 3.8) is 0 Å². The molecule has 0 spiro atoms. The summed E-state index contributed by atoms with van der Waals surface area (Å²) < 4.78 is 10.7. The van der Waals surface area contributed by atoms with Gasteiger partial charge in [0, 0.05) is 15.6 Å². The third kappa shape index (κ3) is 6.50. The van der Waals surface area contributed by atoms with E-state index in [9.17, 15) is 19.2 Å². The molecule has 0 bridgehead atoms. The van der Waals surface area contributed by atoms with Gasteiger partial charge in [0.2, 0.25) is 0 Å². The van der Waals surface area contributed by atoms with E-state index in [1.54, 1.807) is 57.2 Å². The van der Waals surface area contributed by atoms with Crippen LogP contribution in [0, 0.1) is 0 Å². The van der Waals surface area contributed by atoms with E-state index in [4.69, 9.17) is 9.47 Å². The number of hydrogen-bond acceptors (Lipinski definition) is 6. The maximum Gasteiger partial charge on any atom is 0.329 e. The molecule has 7 nitrogen and oxygen atoms in total. The minimum atomic E-state index is -1.09. The van der Waals surface area contributed by atoms with Crippen molar-refractivity contribution in [2.75, 3.05) is 13.7 Å². The van der Waals surface area contributed by atoms with Crippen LogP contribution in [0.15, 0.2) is 53.0 Å². The van der Waals surface area contributed by atoms with E-state index in [0.717, 1.165) is 4.90 Å². The van der Waals surface area contributed by atoms with E-state index in [2.05, 4.69) is 15.9 Å². The first kappa shape index (κ1) is 25.3. The normalized spacial score (nSPS) is 11.9. The van der Waals surface area contributed by atoms with Gasteiger partial charge in [-0.2, -0.15) is 0 Å². The van der Waals surface area contributed by atoms with Gasteiger partial charge in [-0.1, -0.05) is 46.3 Å². The van der Waals surface area contributed by atoms with Crippen LogP contribution in [-0.2, 0) is 19.1 Å². The molecule has 0 fully saturated rings. The van der Waals surface area contributed by atoms with Gasteiger partial charge in [-0.05, 0) is 45.9 Å². The average molecular weight is 504 g/mol. The minimum absolute atomic E-state index is 0.0568. The number of rotatable bonds is 7. The van der Waals surface area contributed by atoms with Gasteiger partial charge in [-0.25, -0.2) is 4.79 Å². The second-order valence-corrected chi connectivity index (χ2v) is 9.02. The molecular weight excluding hydrogens is 478 g/mol. The summed E-state index contributed by atoms with van der Waals surface area (Å²) in [5.41, 5.74) is -0.181. The molecule has 1 amide bonds. The summed E-state index contributed by atoms with van der Waals surface area (Å²) in [6, 6.07) is 12.1. The van der Waals surface area contributed by atoms with Crippen LogP contribution in [0.25, 0.3) is 0 Å². The van der Waals surface area contributed by atoms with Crippen LogP contribution >= 0.6 is 15.9 Å². The lowest BCUT2D eigenvalue weighted by molar-refractivity contribution is -0.160. The Bertz CT molecular complexity index is 1010. The van der Waals surface area contributed by atoms with Gasteiger partial charge in [0.1, 0.15) is 18.2 Å². The van der Waals surface area contributed by atoms with Gasteiger partial charge in [0.05, 0.1) is 12.7 Å². The number of carbonyl (C=O) groups is 4. The molecule has 0 saturated carbocycles. The maximum absolute atomic E-state index is 13.5. The van der Waals surface area contributed by atoms with Gasteiger partial charge in [-0.3, -0.25) is 14.4 Å². The molecule has 2 aromatic rings. The molecule has 170 valence electrons. The molecule has 0 radical (unpaired) electrons. The van der Waals surface area contributed by atoms with Crippen LogP contribution in [0.4, 0.5) is 0 Å². The average Bonchev–Trinajstić information content (AvgIpc) is 2.75. The SMILES string of the molecule is COC(=O)CN(C(=O)c1ccc(Br)cc1C(=O)c1ccccc1)[C@@H](C)C(=O)OC(C)(C)C. The molecular formula is C24H26BrNO6. The molecule has 8 heteroatoms. The monoisotopic (exact) mass is 503 g/mol. The predicted molar refractivity (Wildman–Crippen MR) is 122 cm³/mol. The first-order valence-corrected chi connectivity index (χ1v) is 10.7. The van der Waals surface area contributed by atoms with Crippen LogP contribution < -0.4 is 0 Å². The van der Waals surface area contributed by atoms with Gasteiger partial charge >= 0.3 is 11.9 Å². The van der Waals surface area contributed by atoms with Crippen molar-refractivity contribution in [1.82, 2.24) is 4.90 Å². The number of benzene rings is 2. The molecule has 0 heterocycles. The lowest BCUT2D eigenvalue weighted by atomic mass is 9.97. The lowest BCUT2D eigenvalue weighted by Gasteiger charge is -2.30. The first-order chi connectivity index (χ1) is 14.9. The second-order valence-electron chi connectivity index (χ2n) is 8.10. The van der Waals surface area contributed by atoms with Crippen molar-refractivity contribution in [2.24, 2.45) is 0 Å². The van der Waals surface area contributed by atoms with Gasteiger partial charge < -0.3 is 14.4 Å². The van der Waals surface area contributed by atoms with Crippen molar-refractivity contribution in [1.29, 1.82) is 0 Å². The fourth-order valence-corrected chi connectivity index (χ4v) is 3.25. The third-order valence-electron chi connectivity index (χ3n) is 4.50. The Morgan fingerprint density at radius 1 is 1.00 bits per heavy atom. The molecule has 0 saturated heterocycles. The molecule has 0 aliphatic carbocycles. The number of ether oxygens (including phenoxy) is 2. The summed E-state index contributed by atoms with van der Waals surface area (Å²) in [5.74, 6) is -2.41. The first-order valence-electron chi connectivity index (χ1n) is 9.94. The van der Waals surface area contributed by atoms with E-state index in [1.807, 2.05) is 0 Å². The molecule has 0 unspecified atom stereocenters. The topological polar surface area (TPSA) is 90.0 Å². The summed E-state index contributed by atoms with van der Waals surface area (Å²) in [4.78, 5) is 52.4. The quantitative estimate of drug-likeness (QED) is 0.418. The summed E-state index contributed by atoms with van der Waals surface area (Å²) in [6.07, 6.45) is 0. The number of hydrogen-bond donors (Lipinski definition) is 0.